The van der Waals surface area contributed by atoms with E-state index in [0.29, 0.717) is 12.3 Å². The van der Waals surface area contributed by atoms with Crippen molar-refractivity contribution >= 4 is 5.91 Å². The van der Waals surface area contributed by atoms with Crippen LogP contribution in [-0.4, -0.2) is 57.7 Å². The summed E-state index contributed by atoms with van der Waals surface area (Å²) >= 11 is 0. The van der Waals surface area contributed by atoms with Crippen molar-refractivity contribution in [3.63, 3.8) is 0 Å². The lowest BCUT2D eigenvalue weighted by Gasteiger charge is -2.32. The van der Waals surface area contributed by atoms with E-state index in [4.69, 9.17) is 24.7 Å². The zero-order valence-electron chi connectivity index (χ0n) is 18.5. The van der Waals surface area contributed by atoms with Gasteiger partial charge >= 0.3 is 0 Å². The second-order valence-corrected chi connectivity index (χ2v) is 7.45. The van der Waals surface area contributed by atoms with E-state index >= 15 is 0 Å². The summed E-state index contributed by atoms with van der Waals surface area (Å²) in [7, 11) is 4.26. The summed E-state index contributed by atoms with van der Waals surface area (Å²) in [4.78, 5) is 14.6. The highest BCUT2D eigenvalue weighted by Crippen LogP contribution is 2.48. The van der Waals surface area contributed by atoms with Crippen molar-refractivity contribution in [2.24, 2.45) is 5.73 Å². The van der Waals surface area contributed by atoms with Gasteiger partial charge in [0.25, 0.3) is 11.8 Å². The number of hydrogen-bond donors (Lipinski definition) is 1. The van der Waals surface area contributed by atoms with E-state index in [2.05, 4.69) is 0 Å². The first-order valence-corrected chi connectivity index (χ1v) is 10.3. The molecule has 3 rings (SSSR count). The van der Waals surface area contributed by atoms with Crippen molar-refractivity contribution < 1.29 is 32.5 Å². The Morgan fingerprint density at radius 3 is 2.12 bits per heavy atom. The first-order valence-electron chi connectivity index (χ1n) is 10.3. The largest absolute Gasteiger partial charge is 0.492 e. The summed E-state index contributed by atoms with van der Waals surface area (Å²) < 4.78 is 49.5. The van der Waals surface area contributed by atoms with Crippen LogP contribution < -0.4 is 24.7 Å². The summed E-state index contributed by atoms with van der Waals surface area (Å²) in [6.45, 7) is 0.432. The summed E-state index contributed by atoms with van der Waals surface area (Å²) in [5, 5.41) is 0. The quantitative estimate of drug-likeness (QED) is 0.657. The van der Waals surface area contributed by atoms with Gasteiger partial charge in [-0.3, -0.25) is 4.79 Å². The van der Waals surface area contributed by atoms with Gasteiger partial charge in [0.1, 0.15) is 5.75 Å². The molecule has 7 nitrogen and oxygen atoms in total. The van der Waals surface area contributed by atoms with Crippen molar-refractivity contribution in [3.05, 3.63) is 41.5 Å². The van der Waals surface area contributed by atoms with Gasteiger partial charge in [0.15, 0.2) is 11.5 Å². The second-order valence-electron chi connectivity index (χ2n) is 7.45. The lowest BCUT2D eigenvalue weighted by atomic mass is 10.0. The highest BCUT2D eigenvalue weighted by Gasteiger charge is 2.37. The number of carbonyl (C=O) groups excluding carboxylic acids is 1. The molecule has 1 heterocycles. The van der Waals surface area contributed by atoms with E-state index in [0.717, 1.165) is 12.0 Å². The lowest BCUT2D eigenvalue weighted by molar-refractivity contribution is -0.0494. The zero-order chi connectivity index (χ0) is 23.3. The molecule has 2 aromatic rings. The highest BCUT2D eigenvalue weighted by atomic mass is 19.3. The number of nitrogens with zero attached hydrogens (tertiary/aromatic N) is 1. The molecular formula is C23H28F2N2O5. The zero-order valence-corrected chi connectivity index (χ0v) is 18.5. The number of ether oxygens (including phenoxy) is 4. The molecule has 1 aliphatic heterocycles. The standard InChI is InChI=1S/C23H28F2N2O5/c1-29-19-17(22(28)27-12-9-23(24,25)10-13-27)14-18(20(30-2)21(19)31-3)32-16-6-4-15(5-7-16)8-11-26/h4-7,14H,8-13,26H2,1-3H3. The van der Waals surface area contributed by atoms with Gasteiger partial charge in [0.2, 0.25) is 11.5 Å². The SMILES string of the molecule is COc1c(Oc2ccc(CCN)cc2)cc(C(=O)N2CCC(F)(F)CC2)c(OC)c1OC. The summed E-state index contributed by atoms with van der Waals surface area (Å²) in [5.41, 5.74) is 6.80. The third kappa shape index (κ3) is 5.04. The van der Waals surface area contributed by atoms with Gasteiger partial charge < -0.3 is 29.6 Å². The number of benzene rings is 2. The molecule has 0 radical (unpaired) electrons. The normalized spacial score (nSPS) is 15.2. The Kier molecular flexibility index (Phi) is 7.40. The molecule has 32 heavy (non-hydrogen) atoms. The molecule has 2 aromatic carbocycles. The molecule has 0 unspecified atom stereocenters. The van der Waals surface area contributed by atoms with Crippen molar-refractivity contribution in [1.29, 1.82) is 0 Å². The van der Waals surface area contributed by atoms with Crippen LogP contribution in [0.25, 0.3) is 0 Å². The molecule has 1 fully saturated rings. The minimum absolute atomic E-state index is 0.0534. The second kappa shape index (κ2) is 10.0. The minimum Gasteiger partial charge on any atom is -0.492 e. The Hall–Kier alpha value is -3.07. The van der Waals surface area contributed by atoms with E-state index in [-0.39, 0.29) is 54.5 Å². The van der Waals surface area contributed by atoms with Crippen molar-refractivity contribution in [2.75, 3.05) is 41.0 Å². The van der Waals surface area contributed by atoms with E-state index < -0.39 is 11.8 Å². The van der Waals surface area contributed by atoms with E-state index in [9.17, 15) is 13.6 Å². The maximum Gasteiger partial charge on any atom is 0.257 e. The number of rotatable bonds is 8. The molecule has 1 aliphatic rings. The molecule has 0 atom stereocenters. The Morgan fingerprint density at radius 2 is 1.59 bits per heavy atom. The fourth-order valence-electron chi connectivity index (χ4n) is 3.64. The number of methoxy groups -OCH3 is 3. The predicted molar refractivity (Wildman–Crippen MR) is 115 cm³/mol. The average molecular weight is 450 g/mol. The molecular weight excluding hydrogens is 422 g/mol. The van der Waals surface area contributed by atoms with Crippen LogP contribution in [0.3, 0.4) is 0 Å². The van der Waals surface area contributed by atoms with Gasteiger partial charge in [-0.25, -0.2) is 8.78 Å². The van der Waals surface area contributed by atoms with E-state index in [1.54, 1.807) is 12.1 Å². The van der Waals surface area contributed by atoms with Gasteiger partial charge in [-0.05, 0) is 30.7 Å². The monoisotopic (exact) mass is 450 g/mol. The molecule has 9 heteroatoms. The van der Waals surface area contributed by atoms with Crippen LogP contribution in [0.15, 0.2) is 30.3 Å². The van der Waals surface area contributed by atoms with Crippen LogP contribution in [-0.2, 0) is 6.42 Å². The van der Waals surface area contributed by atoms with Gasteiger partial charge in [-0.2, -0.15) is 0 Å². The molecule has 2 N–H and O–H groups in total. The van der Waals surface area contributed by atoms with Crippen LogP contribution in [0.2, 0.25) is 0 Å². The van der Waals surface area contributed by atoms with Crippen LogP contribution in [0.4, 0.5) is 8.78 Å². The lowest BCUT2D eigenvalue weighted by Crippen LogP contribution is -2.42. The first-order chi connectivity index (χ1) is 15.3. The number of halogens is 2. The first kappa shape index (κ1) is 23.6. The maximum atomic E-state index is 13.6. The maximum absolute atomic E-state index is 13.6. The number of likely N-dealkylation sites (tertiary alicyclic amines) is 1. The molecule has 0 spiro atoms. The topological polar surface area (TPSA) is 83.3 Å². The smallest absolute Gasteiger partial charge is 0.257 e. The number of hydrogen-bond acceptors (Lipinski definition) is 6. The van der Waals surface area contributed by atoms with Crippen LogP contribution in [0, 0.1) is 0 Å². The van der Waals surface area contributed by atoms with Gasteiger partial charge in [0.05, 0.1) is 26.9 Å². The number of piperidine rings is 1. The number of carbonyl (C=O) groups is 1. The number of nitrogens with two attached hydrogens (primary N) is 1. The van der Waals surface area contributed by atoms with Crippen molar-refractivity contribution in [3.8, 4) is 28.7 Å². The Morgan fingerprint density at radius 1 is 1.00 bits per heavy atom. The fourth-order valence-corrected chi connectivity index (χ4v) is 3.64. The molecule has 174 valence electrons. The minimum atomic E-state index is -2.76. The molecule has 0 bridgehead atoms. The van der Waals surface area contributed by atoms with Crippen molar-refractivity contribution in [1.82, 2.24) is 4.90 Å². The average Bonchev–Trinajstić information content (AvgIpc) is 2.79. The molecule has 1 saturated heterocycles. The van der Waals surface area contributed by atoms with Crippen LogP contribution in [0.1, 0.15) is 28.8 Å². The summed E-state index contributed by atoms with van der Waals surface area (Å²) in [6.07, 6.45) is -0.0206. The highest BCUT2D eigenvalue weighted by molar-refractivity contribution is 5.99. The fraction of sp³-hybridized carbons (Fsp3) is 0.435. The molecule has 1 amide bonds. The Bertz CT molecular complexity index is 940. The van der Waals surface area contributed by atoms with Gasteiger partial charge in [-0.15, -0.1) is 0 Å². The number of alkyl halides is 2. The molecule has 0 saturated carbocycles. The Labute approximate surface area is 186 Å². The van der Waals surface area contributed by atoms with E-state index in [1.165, 1.54) is 32.3 Å². The molecule has 0 aromatic heterocycles. The molecule has 0 aliphatic carbocycles. The number of amides is 1. The van der Waals surface area contributed by atoms with Crippen molar-refractivity contribution in [2.45, 2.75) is 25.2 Å². The third-order valence-corrected chi connectivity index (χ3v) is 5.37. The predicted octanol–water partition coefficient (Wildman–Crippen LogP) is 3.88. The van der Waals surface area contributed by atoms with Crippen LogP contribution in [0.5, 0.6) is 28.7 Å². The van der Waals surface area contributed by atoms with Gasteiger partial charge in [0, 0.05) is 32.0 Å². The third-order valence-electron chi connectivity index (χ3n) is 5.37. The summed E-state index contributed by atoms with van der Waals surface area (Å²) in [5.74, 6) is -1.87. The Balaban J connectivity index is 1.99. The summed E-state index contributed by atoms with van der Waals surface area (Å²) in [6, 6.07) is 8.86. The van der Waals surface area contributed by atoms with E-state index in [1.807, 2.05) is 12.1 Å². The van der Waals surface area contributed by atoms with Gasteiger partial charge in [-0.1, -0.05) is 12.1 Å². The van der Waals surface area contributed by atoms with Crippen LogP contribution >= 0.6 is 0 Å².